The van der Waals surface area contributed by atoms with Gasteiger partial charge in [0.1, 0.15) is 0 Å². The lowest BCUT2D eigenvalue weighted by molar-refractivity contribution is 0.529. The van der Waals surface area contributed by atoms with Crippen LogP contribution in [-0.4, -0.2) is 0 Å². The van der Waals surface area contributed by atoms with Crippen LogP contribution in [0.15, 0.2) is 48.5 Å². The Labute approximate surface area is 353 Å². The van der Waals surface area contributed by atoms with Crippen LogP contribution in [0.1, 0.15) is 229 Å². The number of benzene rings is 3. The van der Waals surface area contributed by atoms with Gasteiger partial charge in [0.25, 0.3) is 0 Å². The van der Waals surface area contributed by atoms with Gasteiger partial charge in [0.15, 0.2) is 0 Å². The van der Waals surface area contributed by atoms with Crippen molar-refractivity contribution in [3.05, 3.63) is 58.3 Å². The van der Waals surface area contributed by atoms with Gasteiger partial charge in [-0.15, -0.1) is 22.7 Å². The van der Waals surface area contributed by atoms with Crippen molar-refractivity contribution in [1.82, 2.24) is 0 Å². The summed E-state index contributed by atoms with van der Waals surface area (Å²) in [5.41, 5.74) is 0. The second-order valence-electron chi connectivity index (χ2n) is 17.9. The van der Waals surface area contributed by atoms with Gasteiger partial charge in [0.2, 0.25) is 0 Å². The predicted octanol–water partition coefficient (Wildman–Crippen LogP) is 20.0. The van der Waals surface area contributed by atoms with E-state index >= 15 is 0 Å². The number of thiophene rings is 2. The highest BCUT2D eigenvalue weighted by atomic mass is 32.1. The van der Waals surface area contributed by atoms with E-state index in [1.54, 1.807) is 9.75 Å². The van der Waals surface area contributed by atoms with E-state index in [9.17, 15) is 0 Å². The zero-order valence-electron chi connectivity index (χ0n) is 36.5. The smallest absolute Gasteiger partial charge is 0.0352 e. The van der Waals surface area contributed by atoms with Crippen LogP contribution in [-0.2, 0) is 12.8 Å². The monoisotopic (exact) mass is 795 g/mol. The van der Waals surface area contributed by atoms with Gasteiger partial charge >= 0.3 is 0 Å². The summed E-state index contributed by atoms with van der Waals surface area (Å²) in [6.45, 7) is 4.62. The molecule has 0 spiro atoms. The van der Waals surface area contributed by atoms with E-state index in [1.165, 1.54) is 260 Å². The van der Waals surface area contributed by atoms with E-state index in [1.807, 2.05) is 22.7 Å². The zero-order chi connectivity index (χ0) is 38.9. The molecule has 0 radical (unpaired) electrons. The molecule has 3 aromatic carbocycles. The second-order valence-corrected chi connectivity index (χ2v) is 20.2. The van der Waals surface area contributed by atoms with Crippen molar-refractivity contribution in [2.24, 2.45) is 0 Å². The highest BCUT2D eigenvalue weighted by Crippen LogP contribution is 2.36. The van der Waals surface area contributed by atoms with Crippen LogP contribution in [0, 0.1) is 0 Å². The van der Waals surface area contributed by atoms with Gasteiger partial charge in [-0.1, -0.05) is 206 Å². The van der Waals surface area contributed by atoms with E-state index < -0.39 is 0 Å². The summed E-state index contributed by atoms with van der Waals surface area (Å²) >= 11 is 4.07. The van der Waals surface area contributed by atoms with Crippen molar-refractivity contribution < 1.29 is 0 Å². The van der Waals surface area contributed by atoms with Crippen molar-refractivity contribution in [3.8, 4) is 0 Å². The molecule has 0 unspecified atom stereocenters. The molecule has 0 fully saturated rings. The van der Waals surface area contributed by atoms with Crippen molar-refractivity contribution in [2.75, 3.05) is 0 Å². The lowest BCUT2D eigenvalue weighted by Crippen LogP contribution is -1.84. The molecule has 0 N–H and O–H groups in total. The first-order chi connectivity index (χ1) is 27.7. The summed E-state index contributed by atoms with van der Waals surface area (Å²) in [7, 11) is 0. The third kappa shape index (κ3) is 16.8. The fourth-order valence-corrected chi connectivity index (χ4v) is 11.4. The lowest BCUT2D eigenvalue weighted by Gasteiger charge is -2.04. The van der Waals surface area contributed by atoms with E-state index in [2.05, 4.69) is 62.4 Å². The standard InChI is InChI=1S/C54H82S2/c1-3-5-7-9-11-13-15-17-19-21-23-25-27-29-31-33-35-51-41-49-39-45-37-48-44-54-50(40-46(48)38-47(45)43-53(49)55-51)42-52(56-54)36-34-32-30-28-26-24-22-20-18-16-14-12-10-8-6-4-2/h37-44H,3-36H2,1-2H3. The van der Waals surface area contributed by atoms with Crippen LogP contribution < -0.4 is 0 Å². The van der Waals surface area contributed by atoms with Crippen molar-refractivity contribution >= 4 is 64.4 Å². The summed E-state index contributed by atoms with van der Waals surface area (Å²) in [4.78, 5) is 3.14. The third-order valence-electron chi connectivity index (χ3n) is 12.7. The minimum atomic E-state index is 1.24. The molecule has 2 heteroatoms. The quantitative estimate of drug-likeness (QED) is 0.0287. The zero-order valence-corrected chi connectivity index (χ0v) is 38.1. The fourth-order valence-electron chi connectivity index (χ4n) is 9.13. The van der Waals surface area contributed by atoms with Gasteiger partial charge in [0.05, 0.1) is 0 Å². The normalized spacial score (nSPS) is 12.0. The molecule has 2 aromatic heterocycles. The first-order valence-electron chi connectivity index (χ1n) is 24.6. The van der Waals surface area contributed by atoms with Gasteiger partial charge in [0, 0.05) is 19.2 Å². The first kappa shape index (κ1) is 45.2. The fraction of sp³-hybridized carbons (Fsp3) is 0.667. The van der Waals surface area contributed by atoms with E-state index in [0.29, 0.717) is 0 Å². The third-order valence-corrected chi connectivity index (χ3v) is 15.0. The summed E-state index contributed by atoms with van der Waals surface area (Å²) < 4.78 is 2.92. The molecule has 5 rings (SSSR count). The van der Waals surface area contributed by atoms with Crippen molar-refractivity contribution in [1.29, 1.82) is 0 Å². The maximum absolute atomic E-state index is 2.49. The first-order valence-corrected chi connectivity index (χ1v) is 26.2. The van der Waals surface area contributed by atoms with Crippen LogP contribution in [0.5, 0.6) is 0 Å². The summed E-state index contributed by atoms with van der Waals surface area (Å²) in [6.07, 6.45) is 48.4. The Balaban J connectivity index is 0.941. The Morgan fingerprint density at radius 3 is 0.768 bits per heavy atom. The van der Waals surface area contributed by atoms with Crippen molar-refractivity contribution in [3.63, 3.8) is 0 Å². The number of fused-ring (bicyclic) bond motifs is 4. The van der Waals surface area contributed by atoms with Crippen molar-refractivity contribution in [2.45, 2.75) is 232 Å². The number of unbranched alkanes of at least 4 members (excludes halogenated alkanes) is 30. The number of hydrogen-bond acceptors (Lipinski definition) is 2. The maximum atomic E-state index is 2.49. The number of hydrogen-bond donors (Lipinski definition) is 0. The Hall–Kier alpha value is -1.90. The summed E-state index contributed by atoms with van der Waals surface area (Å²) in [5, 5.41) is 8.44. The summed E-state index contributed by atoms with van der Waals surface area (Å²) in [6, 6.07) is 19.7. The SMILES string of the molecule is CCCCCCCCCCCCCCCCCCc1cc2cc3cc4cc5sc(CCCCCCCCCCCCCCCCCC)cc5cc4cc3cc2s1. The minimum absolute atomic E-state index is 1.24. The molecule has 5 aromatic rings. The molecule has 0 aliphatic rings. The molecule has 56 heavy (non-hydrogen) atoms. The van der Waals surface area contributed by atoms with E-state index in [4.69, 9.17) is 0 Å². The lowest BCUT2D eigenvalue weighted by atomic mass is 10.0. The molecule has 0 aliphatic heterocycles. The number of rotatable bonds is 34. The minimum Gasteiger partial charge on any atom is -0.140 e. The molecule has 0 bridgehead atoms. The molecule has 0 amide bonds. The van der Waals surface area contributed by atoms with Crippen LogP contribution in [0.3, 0.4) is 0 Å². The average molecular weight is 795 g/mol. The van der Waals surface area contributed by atoms with Gasteiger partial charge in [-0.05, 0) is 107 Å². The molecule has 0 aliphatic carbocycles. The van der Waals surface area contributed by atoms with Gasteiger partial charge in [-0.3, -0.25) is 0 Å². The van der Waals surface area contributed by atoms with Crippen LogP contribution in [0.2, 0.25) is 0 Å². The van der Waals surface area contributed by atoms with Crippen LogP contribution in [0.4, 0.5) is 0 Å². The topological polar surface area (TPSA) is 0 Å². The molecular weight excluding hydrogens is 713 g/mol. The molecule has 0 saturated carbocycles. The molecule has 0 nitrogen and oxygen atoms in total. The largest absolute Gasteiger partial charge is 0.140 e. The van der Waals surface area contributed by atoms with E-state index in [-0.39, 0.29) is 0 Å². The average Bonchev–Trinajstić information content (AvgIpc) is 3.80. The van der Waals surface area contributed by atoms with Crippen LogP contribution >= 0.6 is 22.7 Å². The molecular formula is C54H82S2. The maximum Gasteiger partial charge on any atom is 0.0352 e. The van der Waals surface area contributed by atoms with Gasteiger partial charge < -0.3 is 0 Å². The Kier molecular flexibility index (Phi) is 22.4. The Morgan fingerprint density at radius 2 is 0.482 bits per heavy atom. The number of aryl methyl sites for hydroxylation is 2. The van der Waals surface area contributed by atoms with Gasteiger partial charge in [-0.25, -0.2) is 0 Å². The Bertz CT molecular complexity index is 1540. The van der Waals surface area contributed by atoms with E-state index in [0.717, 1.165) is 0 Å². The van der Waals surface area contributed by atoms with Crippen LogP contribution in [0.25, 0.3) is 41.7 Å². The molecule has 2 heterocycles. The summed E-state index contributed by atoms with van der Waals surface area (Å²) in [5.74, 6) is 0. The Morgan fingerprint density at radius 1 is 0.250 bits per heavy atom. The second kappa shape index (κ2) is 27.7. The highest BCUT2D eigenvalue weighted by molar-refractivity contribution is 7.19. The predicted molar refractivity (Wildman–Crippen MR) is 259 cm³/mol. The molecule has 0 saturated heterocycles. The van der Waals surface area contributed by atoms with Gasteiger partial charge in [-0.2, -0.15) is 0 Å². The highest BCUT2D eigenvalue weighted by Gasteiger charge is 2.09. The molecule has 0 atom stereocenters. The molecule has 310 valence electrons.